The van der Waals surface area contributed by atoms with Crippen LogP contribution in [0.2, 0.25) is 0 Å². The third-order valence-electron chi connectivity index (χ3n) is 3.02. The summed E-state index contributed by atoms with van der Waals surface area (Å²) in [6.45, 7) is 1.92. The third-order valence-corrected chi connectivity index (χ3v) is 4.69. The molecule has 1 rings (SSSR count). The first-order valence-corrected chi connectivity index (χ1v) is 7.46. The van der Waals surface area contributed by atoms with Gasteiger partial charge in [-0.25, -0.2) is 8.42 Å². The van der Waals surface area contributed by atoms with Gasteiger partial charge in [-0.2, -0.15) is 0 Å². The maximum atomic E-state index is 11.6. The molecule has 2 unspecified atom stereocenters. The molecule has 2 N–H and O–H groups in total. The Morgan fingerprint density at radius 2 is 2.00 bits per heavy atom. The normalized spacial score (nSPS) is 30.1. The van der Waals surface area contributed by atoms with Crippen molar-refractivity contribution in [2.75, 3.05) is 12.9 Å². The highest BCUT2D eigenvalue weighted by atomic mass is 32.2. The maximum absolute atomic E-state index is 11.6. The summed E-state index contributed by atoms with van der Waals surface area (Å²) in [7, 11) is -2.97. The van der Waals surface area contributed by atoms with Gasteiger partial charge >= 0.3 is 0 Å². The lowest BCUT2D eigenvalue weighted by Gasteiger charge is -2.32. The Morgan fingerprint density at radius 3 is 2.53 bits per heavy atom. The van der Waals surface area contributed by atoms with Crippen LogP contribution in [0.25, 0.3) is 0 Å². The maximum Gasteiger partial charge on any atom is 0.151 e. The van der Waals surface area contributed by atoms with Gasteiger partial charge in [-0.15, -0.1) is 0 Å². The van der Waals surface area contributed by atoms with E-state index in [0.29, 0.717) is 0 Å². The Balaban J connectivity index is 2.66. The van der Waals surface area contributed by atoms with Crippen LogP contribution in [0.3, 0.4) is 0 Å². The van der Waals surface area contributed by atoms with Gasteiger partial charge in [0.2, 0.25) is 0 Å². The van der Waals surface area contributed by atoms with Crippen molar-refractivity contribution in [3.63, 3.8) is 0 Å². The lowest BCUT2D eigenvalue weighted by atomic mass is 9.94. The standard InChI is InChI=1S/C10H21NO3S/c1-8(7-12)11-9-5-3-4-6-10(9)15(2,13)14/h8-12H,3-7H2,1-2H3/t8-,9?,10?/m0/s1. The lowest BCUT2D eigenvalue weighted by molar-refractivity contribution is 0.228. The van der Waals surface area contributed by atoms with Crippen LogP contribution in [0.15, 0.2) is 0 Å². The molecular weight excluding hydrogens is 214 g/mol. The van der Waals surface area contributed by atoms with Crippen LogP contribution in [0.5, 0.6) is 0 Å². The monoisotopic (exact) mass is 235 g/mol. The minimum atomic E-state index is -2.97. The number of nitrogens with one attached hydrogen (secondary N) is 1. The summed E-state index contributed by atoms with van der Waals surface area (Å²) in [5.41, 5.74) is 0. The van der Waals surface area contributed by atoms with Crippen molar-refractivity contribution >= 4 is 9.84 Å². The lowest BCUT2D eigenvalue weighted by Crippen LogP contribution is -2.50. The molecule has 0 spiro atoms. The highest BCUT2D eigenvalue weighted by Crippen LogP contribution is 2.24. The van der Waals surface area contributed by atoms with Gasteiger partial charge in [0.1, 0.15) is 0 Å². The summed E-state index contributed by atoms with van der Waals surface area (Å²) in [6, 6.07) is -0.0201. The molecule has 0 amide bonds. The van der Waals surface area contributed by atoms with E-state index in [2.05, 4.69) is 5.32 Å². The molecule has 0 aromatic heterocycles. The van der Waals surface area contributed by atoms with Crippen molar-refractivity contribution in [2.45, 2.75) is 49.9 Å². The van der Waals surface area contributed by atoms with Gasteiger partial charge in [0.05, 0.1) is 11.9 Å². The third kappa shape index (κ3) is 3.74. The van der Waals surface area contributed by atoms with Crippen LogP contribution >= 0.6 is 0 Å². The Morgan fingerprint density at radius 1 is 1.40 bits per heavy atom. The van der Waals surface area contributed by atoms with Crippen molar-refractivity contribution in [3.05, 3.63) is 0 Å². The smallest absolute Gasteiger partial charge is 0.151 e. The van der Waals surface area contributed by atoms with Crippen LogP contribution in [-0.2, 0) is 9.84 Å². The molecule has 90 valence electrons. The van der Waals surface area contributed by atoms with E-state index < -0.39 is 9.84 Å². The molecule has 0 saturated heterocycles. The minimum absolute atomic E-state index is 0.0101. The summed E-state index contributed by atoms with van der Waals surface area (Å²) in [5, 5.41) is 11.9. The van der Waals surface area contributed by atoms with E-state index in [0.717, 1.165) is 25.7 Å². The van der Waals surface area contributed by atoms with Crippen LogP contribution in [0, 0.1) is 0 Å². The Kier molecular flexibility index (Phi) is 4.55. The summed E-state index contributed by atoms with van der Waals surface area (Å²) in [5.74, 6) is 0. The molecule has 1 saturated carbocycles. The molecule has 0 aromatic carbocycles. The number of sulfone groups is 1. The molecular formula is C10H21NO3S. The first-order chi connectivity index (χ1) is 6.95. The minimum Gasteiger partial charge on any atom is -0.395 e. The van der Waals surface area contributed by atoms with Crippen molar-refractivity contribution in [1.29, 1.82) is 0 Å². The SMILES string of the molecule is C[C@@H](CO)NC1CCCCC1S(C)(=O)=O. The molecule has 0 bridgehead atoms. The van der Waals surface area contributed by atoms with Crippen LogP contribution < -0.4 is 5.32 Å². The molecule has 3 atom stereocenters. The quantitative estimate of drug-likeness (QED) is 0.736. The Bertz CT molecular complexity index is 289. The largest absolute Gasteiger partial charge is 0.395 e. The van der Waals surface area contributed by atoms with E-state index in [1.54, 1.807) is 0 Å². The molecule has 1 aliphatic carbocycles. The topological polar surface area (TPSA) is 66.4 Å². The zero-order valence-electron chi connectivity index (χ0n) is 9.44. The molecule has 0 heterocycles. The fourth-order valence-electron chi connectivity index (χ4n) is 2.22. The van der Waals surface area contributed by atoms with E-state index in [1.165, 1.54) is 6.26 Å². The summed E-state index contributed by atoms with van der Waals surface area (Å²) in [4.78, 5) is 0. The average molecular weight is 235 g/mol. The van der Waals surface area contributed by atoms with Crippen molar-refractivity contribution < 1.29 is 13.5 Å². The molecule has 0 aromatic rings. The molecule has 5 heteroatoms. The summed E-state index contributed by atoms with van der Waals surface area (Å²) < 4.78 is 23.1. The molecule has 15 heavy (non-hydrogen) atoms. The summed E-state index contributed by atoms with van der Waals surface area (Å²) >= 11 is 0. The highest BCUT2D eigenvalue weighted by Gasteiger charge is 2.32. The zero-order valence-corrected chi connectivity index (χ0v) is 10.3. The van der Waals surface area contributed by atoms with Gasteiger partial charge in [-0.05, 0) is 19.8 Å². The van der Waals surface area contributed by atoms with Crippen molar-refractivity contribution in [1.82, 2.24) is 5.32 Å². The van der Waals surface area contributed by atoms with Gasteiger partial charge in [-0.3, -0.25) is 0 Å². The average Bonchev–Trinajstić information content (AvgIpc) is 2.17. The Labute approximate surface area is 92.0 Å². The second kappa shape index (κ2) is 5.27. The number of aliphatic hydroxyl groups excluding tert-OH is 1. The van der Waals surface area contributed by atoms with E-state index >= 15 is 0 Å². The molecule has 0 aliphatic heterocycles. The fourth-order valence-corrected chi connectivity index (χ4v) is 3.62. The van der Waals surface area contributed by atoms with Crippen molar-refractivity contribution in [2.24, 2.45) is 0 Å². The van der Waals surface area contributed by atoms with E-state index in [9.17, 15) is 8.42 Å². The highest BCUT2D eigenvalue weighted by molar-refractivity contribution is 7.91. The molecule has 1 aliphatic rings. The van der Waals surface area contributed by atoms with E-state index in [1.807, 2.05) is 6.92 Å². The Hall–Kier alpha value is -0.130. The number of hydrogen-bond acceptors (Lipinski definition) is 4. The summed E-state index contributed by atoms with van der Waals surface area (Å²) in [6.07, 6.45) is 5.00. The zero-order chi connectivity index (χ0) is 11.5. The van der Waals surface area contributed by atoms with Gasteiger partial charge in [0.25, 0.3) is 0 Å². The second-order valence-corrected chi connectivity index (χ2v) is 6.77. The first kappa shape index (κ1) is 12.9. The molecule has 1 fully saturated rings. The fraction of sp³-hybridized carbons (Fsp3) is 1.00. The first-order valence-electron chi connectivity index (χ1n) is 5.51. The van der Waals surface area contributed by atoms with Gasteiger partial charge < -0.3 is 10.4 Å². The van der Waals surface area contributed by atoms with Gasteiger partial charge in [0, 0.05) is 18.3 Å². The van der Waals surface area contributed by atoms with E-state index in [-0.39, 0.29) is 23.9 Å². The van der Waals surface area contributed by atoms with Crippen LogP contribution in [-0.4, -0.2) is 43.7 Å². The van der Waals surface area contributed by atoms with Crippen molar-refractivity contribution in [3.8, 4) is 0 Å². The number of aliphatic hydroxyl groups is 1. The molecule has 0 radical (unpaired) electrons. The predicted octanol–water partition coefficient (Wildman–Crippen LogP) is 0.313. The number of hydrogen-bond donors (Lipinski definition) is 2. The second-order valence-electron chi connectivity index (χ2n) is 4.51. The number of rotatable bonds is 4. The van der Waals surface area contributed by atoms with Crippen LogP contribution in [0.1, 0.15) is 32.6 Å². The predicted molar refractivity (Wildman–Crippen MR) is 60.6 cm³/mol. The van der Waals surface area contributed by atoms with Gasteiger partial charge in [-0.1, -0.05) is 12.8 Å². The molecule has 4 nitrogen and oxygen atoms in total. The van der Waals surface area contributed by atoms with Gasteiger partial charge in [0.15, 0.2) is 9.84 Å². The van der Waals surface area contributed by atoms with Crippen LogP contribution in [0.4, 0.5) is 0 Å². The van der Waals surface area contributed by atoms with E-state index in [4.69, 9.17) is 5.11 Å².